The monoisotopic (exact) mass is 282 g/mol. The molecule has 0 atom stereocenters. The molecule has 0 aliphatic carbocycles. The van der Waals surface area contributed by atoms with Crippen molar-refractivity contribution in [3.05, 3.63) is 45.1 Å². The van der Waals surface area contributed by atoms with Gasteiger partial charge in [-0.25, -0.2) is 0 Å². The van der Waals surface area contributed by atoms with E-state index in [1.165, 1.54) is 25.6 Å². The number of halogens is 1. The van der Waals surface area contributed by atoms with Crippen molar-refractivity contribution in [1.29, 1.82) is 0 Å². The van der Waals surface area contributed by atoms with E-state index in [2.05, 4.69) is 0 Å². The standard InChI is InChI=1S/C13H11ClO3S/c1-16-11-5-9(10(14)6-12(11)17-2)13(15)8-3-4-18-7-8/h3-7H,1-2H3. The molecular formula is C13H11ClO3S. The zero-order chi connectivity index (χ0) is 13.1. The van der Waals surface area contributed by atoms with Crippen molar-refractivity contribution in [2.75, 3.05) is 14.2 Å². The summed E-state index contributed by atoms with van der Waals surface area (Å²) in [6.45, 7) is 0. The third kappa shape index (κ3) is 2.35. The van der Waals surface area contributed by atoms with Crippen molar-refractivity contribution >= 4 is 28.7 Å². The molecule has 0 bridgehead atoms. The van der Waals surface area contributed by atoms with Gasteiger partial charge in [-0.1, -0.05) is 11.6 Å². The largest absolute Gasteiger partial charge is 0.493 e. The molecule has 94 valence electrons. The third-order valence-corrected chi connectivity index (χ3v) is 3.50. The van der Waals surface area contributed by atoms with E-state index in [-0.39, 0.29) is 5.78 Å². The van der Waals surface area contributed by atoms with Gasteiger partial charge in [0.05, 0.1) is 19.2 Å². The highest BCUT2D eigenvalue weighted by atomic mass is 35.5. The van der Waals surface area contributed by atoms with Gasteiger partial charge in [0.25, 0.3) is 0 Å². The zero-order valence-corrected chi connectivity index (χ0v) is 11.5. The van der Waals surface area contributed by atoms with Crippen LogP contribution in [0.2, 0.25) is 5.02 Å². The van der Waals surface area contributed by atoms with E-state index < -0.39 is 0 Å². The normalized spacial score (nSPS) is 10.2. The van der Waals surface area contributed by atoms with Gasteiger partial charge in [0.15, 0.2) is 17.3 Å². The fourth-order valence-corrected chi connectivity index (χ4v) is 2.45. The van der Waals surface area contributed by atoms with Crippen LogP contribution in [0.1, 0.15) is 15.9 Å². The van der Waals surface area contributed by atoms with Crippen molar-refractivity contribution < 1.29 is 14.3 Å². The number of rotatable bonds is 4. The summed E-state index contributed by atoms with van der Waals surface area (Å²) in [6.07, 6.45) is 0. The summed E-state index contributed by atoms with van der Waals surface area (Å²) in [7, 11) is 3.04. The summed E-state index contributed by atoms with van der Waals surface area (Å²) in [5, 5.41) is 3.99. The van der Waals surface area contributed by atoms with Crippen molar-refractivity contribution in [2.24, 2.45) is 0 Å². The minimum atomic E-state index is -0.123. The van der Waals surface area contributed by atoms with Crippen LogP contribution < -0.4 is 9.47 Å². The molecule has 5 heteroatoms. The molecule has 0 radical (unpaired) electrons. The maximum Gasteiger partial charge on any atom is 0.195 e. The Morgan fingerprint density at radius 1 is 1.22 bits per heavy atom. The number of thiophene rings is 1. The maximum atomic E-state index is 12.2. The number of hydrogen-bond donors (Lipinski definition) is 0. The molecular weight excluding hydrogens is 272 g/mol. The summed E-state index contributed by atoms with van der Waals surface area (Å²) < 4.78 is 10.3. The highest BCUT2D eigenvalue weighted by molar-refractivity contribution is 7.08. The van der Waals surface area contributed by atoms with Crippen LogP contribution in [0.25, 0.3) is 0 Å². The van der Waals surface area contributed by atoms with Gasteiger partial charge in [0.2, 0.25) is 0 Å². The number of methoxy groups -OCH3 is 2. The molecule has 1 aromatic heterocycles. The Morgan fingerprint density at radius 3 is 2.44 bits per heavy atom. The number of ketones is 1. The van der Waals surface area contributed by atoms with Gasteiger partial charge in [0, 0.05) is 22.6 Å². The van der Waals surface area contributed by atoms with Crippen molar-refractivity contribution in [1.82, 2.24) is 0 Å². The Kier molecular flexibility index (Phi) is 3.89. The lowest BCUT2D eigenvalue weighted by molar-refractivity contribution is 0.103. The maximum absolute atomic E-state index is 12.2. The van der Waals surface area contributed by atoms with Gasteiger partial charge in [-0.3, -0.25) is 4.79 Å². The first-order valence-corrected chi connectivity index (χ1v) is 6.48. The summed E-state index contributed by atoms with van der Waals surface area (Å²) in [6, 6.07) is 4.95. The Balaban J connectivity index is 2.48. The first-order valence-electron chi connectivity index (χ1n) is 5.15. The fourth-order valence-electron chi connectivity index (χ4n) is 1.58. The number of benzene rings is 1. The van der Waals surface area contributed by atoms with Gasteiger partial charge in [-0.15, -0.1) is 0 Å². The van der Waals surface area contributed by atoms with Crippen LogP contribution in [0.4, 0.5) is 0 Å². The third-order valence-electron chi connectivity index (χ3n) is 2.50. The van der Waals surface area contributed by atoms with Gasteiger partial charge in [-0.2, -0.15) is 11.3 Å². The van der Waals surface area contributed by atoms with Crippen molar-refractivity contribution in [2.45, 2.75) is 0 Å². The van der Waals surface area contributed by atoms with E-state index in [0.29, 0.717) is 27.6 Å². The predicted molar refractivity (Wildman–Crippen MR) is 72.3 cm³/mol. The minimum absolute atomic E-state index is 0.123. The molecule has 0 amide bonds. The smallest absolute Gasteiger partial charge is 0.195 e. The summed E-state index contributed by atoms with van der Waals surface area (Å²) in [4.78, 5) is 12.2. The second-order valence-corrected chi connectivity index (χ2v) is 4.72. The second-order valence-electron chi connectivity index (χ2n) is 3.53. The zero-order valence-electron chi connectivity index (χ0n) is 9.90. The van der Waals surface area contributed by atoms with Crippen LogP contribution in [-0.2, 0) is 0 Å². The molecule has 0 fully saturated rings. The Morgan fingerprint density at radius 2 is 1.89 bits per heavy atom. The molecule has 2 rings (SSSR count). The van der Waals surface area contributed by atoms with E-state index in [4.69, 9.17) is 21.1 Å². The van der Waals surface area contributed by atoms with E-state index in [1.54, 1.807) is 23.6 Å². The molecule has 18 heavy (non-hydrogen) atoms. The van der Waals surface area contributed by atoms with Gasteiger partial charge in [-0.05, 0) is 17.5 Å². The second kappa shape index (κ2) is 5.42. The molecule has 0 aliphatic rings. The van der Waals surface area contributed by atoms with Crippen LogP contribution in [0.15, 0.2) is 29.0 Å². The predicted octanol–water partition coefficient (Wildman–Crippen LogP) is 3.65. The van der Waals surface area contributed by atoms with E-state index in [1.807, 2.05) is 5.38 Å². The first kappa shape index (κ1) is 12.9. The van der Waals surface area contributed by atoms with E-state index in [0.717, 1.165) is 0 Å². The van der Waals surface area contributed by atoms with E-state index >= 15 is 0 Å². The summed E-state index contributed by atoms with van der Waals surface area (Å²) in [5.41, 5.74) is 1.03. The minimum Gasteiger partial charge on any atom is -0.493 e. The van der Waals surface area contributed by atoms with Gasteiger partial charge >= 0.3 is 0 Å². The number of carbonyl (C=O) groups is 1. The summed E-state index contributed by atoms with van der Waals surface area (Å²) in [5.74, 6) is 0.868. The molecule has 0 N–H and O–H groups in total. The molecule has 1 aromatic carbocycles. The lowest BCUT2D eigenvalue weighted by Crippen LogP contribution is -2.02. The lowest BCUT2D eigenvalue weighted by atomic mass is 10.1. The molecule has 2 aromatic rings. The molecule has 0 unspecified atom stereocenters. The Bertz CT molecular complexity index is 564. The number of ether oxygens (including phenoxy) is 2. The van der Waals surface area contributed by atoms with Crippen LogP contribution in [-0.4, -0.2) is 20.0 Å². The Labute approximate surface area is 114 Å². The van der Waals surface area contributed by atoms with E-state index in [9.17, 15) is 4.79 Å². The molecule has 0 saturated carbocycles. The van der Waals surface area contributed by atoms with Crippen molar-refractivity contribution in [3.8, 4) is 11.5 Å². The van der Waals surface area contributed by atoms with Gasteiger partial charge in [0.1, 0.15) is 0 Å². The molecule has 0 spiro atoms. The fraction of sp³-hybridized carbons (Fsp3) is 0.154. The quantitative estimate of drug-likeness (QED) is 0.803. The summed E-state index contributed by atoms with van der Waals surface area (Å²) >= 11 is 7.56. The molecule has 0 saturated heterocycles. The highest BCUT2D eigenvalue weighted by Gasteiger charge is 2.17. The van der Waals surface area contributed by atoms with Gasteiger partial charge < -0.3 is 9.47 Å². The lowest BCUT2D eigenvalue weighted by Gasteiger charge is -2.10. The SMILES string of the molecule is COc1cc(Cl)c(C(=O)c2ccsc2)cc1OC. The Hall–Kier alpha value is -1.52. The van der Waals surface area contributed by atoms with Crippen molar-refractivity contribution in [3.63, 3.8) is 0 Å². The topological polar surface area (TPSA) is 35.5 Å². The van der Waals surface area contributed by atoms with Crippen LogP contribution in [0.3, 0.4) is 0 Å². The van der Waals surface area contributed by atoms with Crippen LogP contribution in [0, 0.1) is 0 Å². The number of carbonyl (C=O) groups excluding carboxylic acids is 1. The molecule has 0 aliphatic heterocycles. The van der Waals surface area contributed by atoms with Crippen LogP contribution in [0.5, 0.6) is 11.5 Å². The number of hydrogen-bond acceptors (Lipinski definition) is 4. The van der Waals surface area contributed by atoms with Crippen LogP contribution >= 0.6 is 22.9 Å². The average Bonchev–Trinajstić information content (AvgIpc) is 2.91. The molecule has 3 nitrogen and oxygen atoms in total. The highest BCUT2D eigenvalue weighted by Crippen LogP contribution is 2.34. The molecule has 1 heterocycles. The first-order chi connectivity index (χ1) is 8.67. The average molecular weight is 283 g/mol.